The van der Waals surface area contributed by atoms with E-state index in [4.69, 9.17) is 22.6 Å². The zero-order valence-corrected chi connectivity index (χ0v) is 12.0. The zero-order chi connectivity index (χ0) is 15.2. The number of hydrogen-bond acceptors (Lipinski definition) is 3. The van der Waals surface area contributed by atoms with Crippen molar-refractivity contribution in [3.63, 3.8) is 0 Å². The molecule has 2 rings (SSSR count). The molecule has 0 aromatic heterocycles. The highest BCUT2D eigenvalue weighted by Gasteiger charge is 2.20. The summed E-state index contributed by atoms with van der Waals surface area (Å²) in [5.41, 5.74) is 7.15. The summed E-state index contributed by atoms with van der Waals surface area (Å²) in [4.78, 5) is 14.2. The van der Waals surface area contributed by atoms with Gasteiger partial charge in [-0.05, 0) is 24.3 Å². The molecule has 0 aliphatic carbocycles. The number of para-hydroxylation sites is 1. The third-order valence-corrected chi connectivity index (χ3v) is 3.44. The van der Waals surface area contributed by atoms with Crippen LogP contribution in [0.25, 0.3) is 0 Å². The monoisotopic (exact) mass is 299 g/mol. The Balaban J connectivity index is 2.39. The Morgan fingerprint density at radius 2 is 1.90 bits per heavy atom. The maximum absolute atomic E-state index is 12.7. The highest BCUT2D eigenvalue weighted by atomic mass is 35.5. The molecule has 5 heteroatoms. The summed E-state index contributed by atoms with van der Waals surface area (Å²) in [7, 11) is 0. The van der Waals surface area contributed by atoms with Crippen molar-refractivity contribution in [1.82, 2.24) is 0 Å². The van der Waals surface area contributed by atoms with Crippen molar-refractivity contribution in [2.24, 2.45) is 0 Å². The van der Waals surface area contributed by atoms with Crippen molar-refractivity contribution in [3.05, 3.63) is 59.1 Å². The van der Waals surface area contributed by atoms with Gasteiger partial charge < -0.3 is 10.6 Å². The molecule has 0 unspecified atom stereocenters. The predicted molar refractivity (Wildman–Crippen MR) is 84.2 cm³/mol. The Labute approximate surface area is 128 Å². The molecular weight excluding hydrogens is 286 g/mol. The van der Waals surface area contributed by atoms with Crippen LogP contribution >= 0.6 is 11.6 Å². The third kappa shape index (κ3) is 3.33. The number of rotatable bonds is 4. The van der Waals surface area contributed by atoms with Crippen LogP contribution in [0.5, 0.6) is 0 Å². The summed E-state index contributed by atoms with van der Waals surface area (Å²) in [6.45, 7) is 0.296. The van der Waals surface area contributed by atoms with Gasteiger partial charge in [0.25, 0.3) is 5.91 Å². The van der Waals surface area contributed by atoms with Gasteiger partial charge in [-0.15, -0.1) is 0 Å². The summed E-state index contributed by atoms with van der Waals surface area (Å²) in [6.07, 6.45) is 0.237. The largest absolute Gasteiger partial charge is 0.398 e. The average molecular weight is 300 g/mol. The number of carbonyl (C=O) groups excluding carboxylic acids is 1. The molecule has 0 aliphatic heterocycles. The summed E-state index contributed by atoms with van der Waals surface area (Å²) in [5, 5.41) is 9.02. The van der Waals surface area contributed by atoms with E-state index in [0.717, 1.165) is 5.69 Å². The molecule has 2 N–H and O–H groups in total. The van der Waals surface area contributed by atoms with Crippen LogP contribution in [0, 0.1) is 11.3 Å². The van der Waals surface area contributed by atoms with Gasteiger partial charge in [-0.1, -0.05) is 35.9 Å². The number of amides is 1. The molecule has 0 bridgehead atoms. The first-order valence-corrected chi connectivity index (χ1v) is 6.81. The smallest absolute Gasteiger partial charge is 0.259 e. The van der Waals surface area contributed by atoms with Crippen LogP contribution < -0.4 is 10.6 Å². The number of nitrogens with two attached hydrogens (primary N) is 1. The number of halogens is 1. The second-order valence-electron chi connectivity index (χ2n) is 4.41. The topological polar surface area (TPSA) is 70.1 Å². The van der Waals surface area contributed by atoms with E-state index in [0.29, 0.717) is 17.8 Å². The van der Waals surface area contributed by atoms with E-state index in [-0.39, 0.29) is 17.4 Å². The lowest BCUT2D eigenvalue weighted by Gasteiger charge is -2.22. The quantitative estimate of drug-likeness (QED) is 0.879. The van der Waals surface area contributed by atoms with Crippen LogP contribution in [-0.2, 0) is 0 Å². The summed E-state index contributed by atoms with van der Waals surface area (Å²) in [6, 6.07) is 16.2. The first kappa shape index (κ1) is 14.9. The molecule has 0 spiro atoms. The van der Waals surface area contributed by atoms with Crippen molar-refractivity contribution in [2.45, 2.75) is 6.42 Å². The second kappa shape index (κ2) is 6.78. The van der Waals surface area contributed by atoms with Crippen LogP contribution in [0.15, 0.2) is 48.5 Å². The lowest BCUT2D eigenvalue weighted by Crippen LogP contribution is -2.32. The summed E-state index contributed by atoms with van der Waals surface area (Å²) < 4.78 is 0. The van der Waals surface area contributed by atoms with E-state index in [1.165, 1.54) is 4.90 Å². The lowest BCUT2D eigenvalue weighted by atomic mass is 10.1. The average Bonchev–Trinajstić information content (AvgIpc) is 2.51. The minimum absolute atomic E-state index is 0.236. The van der Waals surface area contributed by atoms with Gasteiger partial charge in [0, 0.05) is 12.2 Å². The van der Waals surface area contributed by atoms with E-state index in [1.54, 1.807) is 18.2 Å². The van der Waals surface area contributed by atoms with Gasteiger partial charge in [0.05, 0.1) is 28.8 Å². The minimum atomic E-state index is -0.270. The number of anilines is 2. The molecule has 0 radical (unpaired) electrons. The number of benzene rings is 2. The molecule has 0 atom stereocenters. The number of carbonyl (C=O) groups is 1. The van der Waals surface area contributed by atoms with E-state index >= 15 is 0 Å². The first-order valence-electron chi connectivity index (χ1n) is 6.43. The van der Waals surface area contributed by atoms with Crippen LogP contribution in [0.4, 0.5) is 11.4 Å². The second-order valence-corrected chi connectivity index (χ2v) is 4.79. The predicted octanol–water partition coefficient (Wildman–Crippen LogP) is 3.48. The van der Waals surface area contributed by atoms with Gasteiger partial charge >= 0.3 is 0 Å². The molecule has 4 nitrogen and oxygen atoms in total. The van der Waals surface area contributed by atoms with Gasteiger partial charge in [0.2, 0.25) is 0 Å². The molecule has 0 heterocycles. The maximum Gasteiger partial charge on any atom is 0.259 e. The Kier molecular flexibility index (Phi) is 4.81. The van der Waals surface area contributed by atoms with Crippen LogP contribution in [0.3, 0.4) is 0 Å². The molecule has 1 amide bonds. The first-order chi connectivity index (χ1) is 10.1. The standard InChI is InChI=1S/C16H14ClN3O/c17-15-13(8-4-9-14(15)19)16(21)20(11-5-10-18)12-6-2-1-3-7-12/h1-4,6-9H,5,11,19H2. The molecular formula is C16H14ClN3O. The fourth-order valence-electron chi connectivity index (χ4n) is 1.98. The van der Waals surface area contributed by atoms with E-state index in [9.17, 15) is 4.79 Å². The molecule has 0 saturated carbocycles. The number of hydrogen-bond donors (Lipinski definition) is 1. The fourth-order valence-corrected chi connectivity index (χ4v) is 2.18. The normalized spacial score (nSPS) is 9.90. The van der Waals surface area contributed by atoms with Crippen molar-refractivity contribution in [2.75, 3.05) is 17.2 Å². The molecule has 0 aliphatic rings. The molecule has 106 valence electrons. The van der Waals surface area contributed by atoms with E-state index < -0.39 is 0 Å². The molecule has 0 saturated heterocycles. The SMILES string of the molecule is N#CCCN(C(=O)c1cccc(N)c1Cl)c1ccccc1. The number of nitrogen functional groups attached to an aromatic ring is 1. The number of nitrogens with zero attached hydrogens (tertiary/aromatic N) is 2. The van der Waals surface area contributed by atoms with Gasteiger partial charge in [-0.25, -0.2) is 0 Å². The number of nitriles is 1. The van der Waals surface area contributed by atoms with Crippen LogP contribution in [0.2, 0.25) is 5.02 Å². The summed E-state index contributed by atoms with van der Waals surface area (Å²) in [5.74, 6) is -0.270. The van der Waals surface area contributed by atoms with Gasteiger partial charge in [0.1, 0.15) is 0 Å². The van der Waals surface area contributed by atoms with Crippen molar-refractivity contribution in [3.8, 4) is 6.07 Å². The van der Waals surface area contributed by atoms with Crippen LogP contribution in [-0.4, -0.2) is 12.5 Å². The fraction of sp³-hybridized carbons (Fsp3) is 0.125. The van der Waals surface area contributed by atoms with E-state index in [1.807, 2.05) is 36.4 Å². The van der Waals surface area contributed by atoms with Gasteiger partial charge in [-0.2, -0.15) is 5.26 Å². The highest BCUT2D eigenvalue weighted by Crippen LogP contribution is 2.26. The maximum atomic E-state index is 12.7. The lowest BCUT2D eigenvalue weighted by molar-refractivity contribution is 0.0987. The Hall–Kier alpha value is -2.51. The minimum Gasteiger partial charge on any atom is -0.398 e. The van der Waals surface area contributed by atoms with Crippen molar-refractivity contribution >= 4 is 28.9 Å². The Morgan fingerprint density at radius 3 is 2.57 bits per heavy atom. The Morgan fingerprint density at radius 1 is 1.19 bits per heavy atom. The van der Waals surface area contributed by atoms with Gasteiger partial charge in [0.15, 0.2) is 0 Å². The molecule has 0 fully saturated rings. The van der Waals surface area contributed by atoms with Crippen LogP contribution in [0.1, 0.15) is 16.8 Å². The molecule has 2 aromatic carbocycles. The molecule has 2 aromatic rings. The zero-order valence-electron chi connectivity index (χ0n) is 11.3. The van der Waals surface area contributed by atoms with E-state index in [2.05, 4.69) is 0 Å². The van der Waals surface area contributed by atoms with Crippen molar-refractivity contribution in [1.29, 1.82) is 5.26 Å². The molecule has 21 heavy (non-hydrogen) atoms. The highest BCUT2D eigenvalue weighted by molar-refractivity contribution is 6.36. The van der Waals surface area contributed by atoms with Gasteiger partial charge in [-0.3, -0.25) is 4.79 Å². The Bertz CT molecular complexity index is 680. The third-order valence-electron chi connectivity index (χ3n) is 3.02. The summed E-state index contributed by atoms with van der Waals surface area (Å²) >= 11 is 6.12. The van der Waals surface area contributed by atoms with Crippen molar-refractivity contribution < 1.29 is 4.79 Å².